The minimum absolute atomic E-state index is 0.0296. The summed E-state index contributed by atoms with van der Waals surface area (Å²) in [5, 5.41) is 15.8. The van der Waals surface area contributed by atoms with Crippen LogP contribution < -0.4 is 14.2 Å². The Morgan fingerprint density at radius 1 is 1.08 bits per heavy atom. The summed E-state index contributed by atoms with van der Waals surface area (Å²) in [5.74, 6) is 1.06. The first-order valence-corrected chi connectivity index (χ1v) is 13.6. The highest BCUT2D eigenvalue weighted by Gasteiger charge is 2.35. The lowest BCUT2D eigenvalue weighted by Crippen LogP contribution is -2.35. The van der Waals surface area contributed by atoms with Gasteiger partial charge in [0.15, 0.2) is 17.3 Å². The van der Waals surface area contributed by atoms with E-state index >= 15 is 0 Å². The van der Waals surface area contributed by atoms with Crippen LogP contribution >= 0.6 is 23.4 Å². The van der Waals surface area contributed by atoms with Crippen LogP contribution in [0, 0.1) is 5.41 Å². The Bertz CT molecular complexity index is 1330. The number of thioether (sulfide) groups is 1. The van der Waals surface area contributed by atoms with E-state index in [0.717, 1.165) is 10.8 Å². The van der Waals surface area contributed by atoms with Crippen molar-refractivity contribution in [1.29, 1.82) is 5.41 Å². The van der Waals surface area contributed by atoms with Crippen molar-refractivity contribution < 1.29 is 19.0 Å². The Morgan fingerprint density at radius 3 is 2.45 bits per heavy atom. The number of carbonyl (C=O) groups excluding carboxylic acids is 1. The van der Waals surface area contributed by atoms with E-state index in [0.29, 0.717) is 46.9 Å². The van der Waals surface area contributed by atoms with Crippen molar-refractivity contribution in [3.05, 3.63) is 58.1 Å². The Balaban J connectivity index is 1.46. The molecule has 2 aromatic carbocycles. The number of benzene rings is 2. The molecule has 0 unspecified atom stereocenters. The fraction of sp³-hybridized carbons (Fsp3) is 0.357. The lowest BCUT2D eigenvalue weighted by Gasteiger charge is -2.20. The van der Waals surface area contributed by atoms with Gasteiger partial charge in [-0.15, -0.1) is 0 Å². The molecule has 1 amide bonds. The average Bonchev–Trinajstić information content (AvgIpc) is 3.29. The maximum atomic E-state index is 12.7. The van der Waals surface area contributed by atoms with Crippen LogP contribution in [0.15, 0.2) is 52.1 Å². The lowest BCUT2D eigenvalue weighted by molar-refractivity contribution is -0.114. The normalized spacial score (nSPS) is 16.4. The number of hydrazone groups is 1. The van der Waals surface area contributed by atoms with Gasteiger partial charge in [0.25, 0.3) is 5.91 Å². The smallest absolute Gasteiger partial charge is 0.283 e. The maximum Gasteiger partial charge on any atom is 0.283 e. The number of hydrogen-bond donors (Lipinski definition) is 1. The second-order valence-corrected chi connectivity index (χ2v) is 11.0. The van der Waals surface area contributed by atoms with Crippen LogP contribution in [0.25, 0.3) is 6.08 Å². The molecule has 2 aromatic rings. The van der Waals surface area contributed by atoms with Gasteiger partial charge in [-0.2, -0.15) is 15.1 Å². The number of ether oxygens (including phenoxy) is 3. The van der Waals surface area contributed by atoms with E-state index in [9.17, 15) is 4.79 Å². The third-order valence-electron chi connectivity index (χ3n) is 5.76. The average molecular weight is 555 g/mol. The SMILES string of the molecule is CCOc1cc(/C=C2/C(=N)N3N=C(CC)SC3=NC2=O)cc(Cl)c1OCCOc1ccc(C(C)(C)C)cc1. The summed E-state index contributed by atoms with van der Waals surface area (Å²) >= 11 is 7.87. The van der Waals surface area contributed by atoms with Crippen molar-refractivity contribution in [3.63, 3.8) is 0 Å². The number of rotatable bonds is 9. The van der Waals surface area contributed by atoms with E-state index < -0.39 is 5.91 Å². The first-order valence-electron chi connectivity index (χ1n) is 12.4. The second kappa shape index (κ2) is 11.6. The van der Waals surface area contributed by atoms with Gasteiger partial charge >= 0.3 is 0 Å². The minimum atomic E-state index is -0.497. The standard InChI is InChI=1S/C28H31ClN4O4S/c1-6-23-32-33-25(30)20(26(34)31-27(33)38-23)14-17-15-21(29)24(22(16-17)35-7-2)37-13-12-36-19-10-8-18(9-11-19)28(3,4)5/h8-11,14-16,30H,6-7,12-13H2,1-5H3/b20-14-,30-25?. The molecule has 0 aliphatic carbocycles. The Hall–Kier alpha value is -3.30. The zero-order chi connectivity index (χ0) is 27.4. The van der Waals surface area contributed by atoms with Crippen molar-refractivity contribution in [2.45, 2.75) is 46.5 Å². The highest BCUT2D eigenvalue weighted by molar-refractivity contribution is 8.26. The molecule has 0 saturated carbocycles. The van der Waals surface area contributed by atoms with Gasteiger partial charge in [-0.3, -0.25) is 10.2 Å². The van der Waals surface area contributed by atoms with Crippen LogP contribution in [0.2, 0.25) is 5.02 Å². The zero-order valence-corrected chi connectivity index (χ0v) is 23.7. The number of nitrogens with zero attached hydrogens (tertiary/aromatic N) is 3. The van der Waals surface area contributed by atoms with E-state index in [4.69, 9.17) is 31.2 Å². The first-order chi connectivity index (χ1) is 18.1. The van der Waals surface area contributed by atoms with Gasteiger partial charge in [-0.25, -0.2) is 0 Å². The van der Waals surface area contributed by atoms with Crippen LogP contribution in [0.4, 0.5) is 0 Å². The topological polar surface area (TPSA) is 96.6 Å². The minimum Gasteiger partial charge on any atom is -0.490 e. The summed E-state index contributed by atoms with van der Waals surface area (Å²) in [6.45, 7) is 11.3. The molecule has 8 nitrogen and oxygen atoms in total. The quantitative estimate of drug-likeness (QED) is 0.280. The fourth-order valence-corrected chi connectivity index (χ4v) is 4.87. The molecule has 0 spiro atoms. The summed E-state index contributed by atoms with van der Waals surface area (Å²) in [7, 11) is 0. The number of carbonyl (C=O) groups is 1. The van der Waals surface area contributed by atoms with Gasteiger partial charge in [0.05, 0.1) is 17.2 Å². The molecule has 200 valence electrons. The summed E-state index contributed by atoms with van der Waals surface area (Å²) in [5.41, 5.74) is 2.02. The third-order valence-corrected chi connectivity index (χ3v) is 7.09. The molecule has 0 saturated heterocycles. The van der Waals surface area contributed by atoms with E-state index in [2.05, 4.69) is 43.0 Å². The highest BCUT2D eigenvalue weighted by atomic mass is 35.5. The summed E-state index contributed by atoms with van der Waals surface area (Å²) < 4.78 is 17.5. The van der Waals surface area contributed by atoms with Crippen LogP contribution in [0.1, 0.15) is 52.2 Å². The number of fused-ring (bicyclic) bond motifs is 1. The molecule has 0 bridgehead atoms. The molecular formula is C28H31ClN4O4S. The fourth-order valence-electron chi connectivity index (χ4n) is 3.77. The van der Waals surface area contributed by atoms with Crippen molar-refractivity contribution >= 4 is 51.4 Å². The van der Waals surface area contributed by atoms with Gasteiger partial charge in [-0.1, -0.05) is 51.4 Å². The molecule has 10 heteroatoms. The van der Waals surface area contributed by atoms with Crippen LogP contribution in [0.5, 0.6) is 17.2 Å². The zero-order valence-electron chi connectivity index (χ0n) is 22.1. The van der Waals surface area contributed by atoms with Crippen molar-refractivity contribution in [2.75, 3.05) is 19.8 Å². The second-order valence-electron chi connectivity index (χ2n) is 9.60. The molecule has 2 aliphatic heterocycles. The number of nitrogens with one attached hydrogen (secondary N) is 1. The van der Waals surface area contributed by atoms with Crippen LogP contribution in [-0.4, -0.2) is 46.8 Å². The first kappa shape index (κ1) is 27.7. The molecular weight excluding hydrogens is 524 g/mol. The van der Waals surface area contributed by atoms with Gasteiger partial charge in [-0.05, 0) is 72.0 Å². The number of aliphatic imine (C=N–C) groups is 1. The molecule has 38 heavy (non-hydrogen) atoms. The molecule has 2 heterocycles. The Morgan fingerprint density at radius 2 is 1.79 bits per heavy atom. The third kappa shape index (κ3) is 6.22. The lowest BCUT2D eigenvalue weighted by atomic mass is 9.87. The van der Waals surface area contributed by atoms with Crippen LogP contribution in [0.3, 0.4) is 0 Å². The molecule has 1 N–H and O–H groups in total. The molecule has 0 aromatic heterocycles. The Kier molecular flexibility index (Phi) is 8.47. The Labute approximate surface area is 232 Å². The van der Waals surface area contributed by atoms with Gasteiger partial charge in [0.2, 0.25) is 5.17 Å². The van der Waals surface area contributed by atoms with Crippen molar-refractivity contribution in [1.82, 2.24) is 5.01 Å². The van der Waals surface area contributed by atoms with E-state index in [1.165, 1.54) is 22.3 Å². The molecule has 0 atom stereocenters. The van der Waals surface area contributed by atoms with E-state index in [1.54, 1.807) is 18.2 Å². The summed E-state index contributed by atoms with van der Waals surface area (Å²) in [6.07, 6.45) is 2.27. The van der Waals surface area contributed by atoms with Gasteiger partial charge in [0.1, 0.15) is 24.0 Å². The number of halogens is 1. The van der Waals surface area contributed by atoms with Gasteiger partial charge < -0.3 is 14.2 Å². The highest BCUT2D eigenvalue weighted by Crippen LogP contribution is 2.38. The van der Waals surface area contributed by atoms with Crippen molar-refractivity contribution in [3.8, 4) is 17.2 Å². The monoisotopic (exact) mass is 554 g/mol. The number of amides is 1. The van der Waals surface area contributed by atoms with E-state index in [-0.39, 0.29) is 23.4 Å². The number of amidine groups is 2. The number of hydrogen-bond acceptors (Lipinski definition) is 7. The molecule has 0 fully saturated rings. The largest absolute Gasteiger partial charge is 0.490 e. The predicted molar refractivity (Wildman–Crippen MR) is 154 cm³/mol. The molecule has 0 radical (unpaired) electrons. The summed E-state index contributed by atoms with van der Waals surface area (Å²) in [4.78, 5) is 16.8. The summed E-state index contributed by atoms with van der Waals surface area (Å²) in [6, 6.07) is 11.4. The maximum absolute atomic E-state index is 12.7. The van der Waals surface area contributed by atoms with Crippen molar-refractivity contribution in [2.24, 2.45) is 10.1 Å². The molecule has 4 rings (SSSR count). The van der Waals surface area contributed by atoms with E-state index in [1.807, 2.05) is 26.0 Å². The van der Waals surface area contributed by atoms with Crippen LogP contribution in [-0.2, 0) is 10.2 Å². The predicted octanol–water partition coefficient (Wildman–Crippen LogP) is 6.52. The van der Waals surface area contributed by atoms with Gasteiger partial charge in [0, 0.05) is 0 Å². The molecule has 2 aliphatic rings.